The Labute approximate surface area is 114 Å². The number of hydrogen-bond donors (Lipinski definition) is 1. The first-order valence-electron chi connectivity index (χ1n) is 5.81. The summed E-state index contributed by atoms with van der Waals surface area (Å²) in [7, 11) is 0. The minimum absolute atomic E-state index is 0.230. The number of halogens is 2. The molecule has 18 heavy (non-hydrogen) atoms. The van der Waals surface area contributed by atoms with Gasteiger partial charge in [-0.1, -0.05) is 15.9 Å². The number of rotatable bonds is 4. The summed E-state index contributed by atoms with van der Waals surface area (Å²) >= 11 is 3.27. The van der Waals surface area contributed by atoms with E-state index in [0.717, 1.165) is 17.7 Å². The summed E-state index contributed by atoms with van der Waals surface area (Å²) in [6.45, 7) is 2.86. The zero-order valence-corrected chi connectivity index (χ0v) is 11.7. The summed E-state index contributed by atoms with van der Waals surface area (Å²) in [5.41, 5.74) is 7.93. The lowest BCUT2D eigenvalue weighted by molar-refractivity contribution is 0.617. The first-order chi connectivity index (χ1) is 8.58. The monoisotopic (exact) mass is 311 g/mol. The largest absolute Gasteiger partial charge is 0.324 e. The van der Waals surface area contributed by atoms with E-state index in [0.29, 0.717) is 10.9 Å². The predicted molar refractivity (Wildman–Crippen MR) is 72.6 cm³/mol. The average Bonchev–Trinajstić information content (AvgIpc) is 2.75. The zero-order valence-electron chi connectivity index (χ0n) is 10.1. The molecular formula is C13H15BrFN3. The third-order valence-corrected chi connectivity index (χ3v) is 3.24. The number of aryl methyl sites for hydroxylation is 1. The molecule has 1 atom stereocenters. The lowest BCUT2D eigenvalue weighted by Crippen LogP contribution is -2.13. The van der Waals surface area contributed by atoms with Crippen LogP contribution in [0.5, 0.6) is 0 Å². The Balaban J connectivity index is 2.13. The lowest BCUT2D eigenvalue weighted by Gasteiger charge is -2.11. The summed E-state index contributed by atoms with van der Waals surface area (Å²) in [6, 6.07) is 4.51. The van der Waals surface area contributed by atoms with Crippen LogP contribution < -0.4 is 5.73 Å². The van der Waals surface area contributed by atoms with Crippen LogP contribution in [0, 0.1) is 5.82 Å². The Bertz CT molecular complexity index is 519. The molecule has 0 amide bonds. The number of hydrogen-bond acceptors (Lipinski definition) is 2. The van der Waals surface area contributed by atoms with Crippen molar-refractivity contribution in [2.45, 2.75) is 25.9 Å². The SMILES string of the molecule is CCn1cc(CC(N)c2cc(F)cc(Br)c2)cn1. The Hall–Kier alpha value is -1.20. The third kappa shape index (κ3) is 3.17. The molecule has 0 aliphatic carbocycles. The van der Waals surface area contributed by atoms with Crippen LogP contribution in [0.3, 0.4) is 0 Å². The van der Waals surface area contributed by atoms with Crippen molar-refractivity contribution in [3.63, 3.8) is 0 Å². The van der Waals surface area contributed by atoms with Crippen molar-refractivity contribution < 1.29 is 4.39 Å². The van der Waals surface area contributed by atoms with Crippen LogP contribution in [-0.4, -0.2) is 9.78 Å². The van der Waals surface area contributed by atoms with Gasteiger partial charge >= 0.3 is 0 Å². The van der Waals surface area contributed by atoms with E-state index in [2.05, 4.69) is 21.0 Å². The molecule has 0 bridgehead atoms. The van der Waals surface area contributed by atoms with Gasteiger partial charge in [0, 0.05) is 23.3 Å². The standard InChI is InChI=1S/C13H15BrFN3/c1-2-18-8-9(7-17-18)3-13(16)10-4-11(14)6-12(15)5-10/h4-8,13H,2-3,16H2,1H3. The first-order valence-corrected chi connectivity index (χ1v) is 6.60. The van der Waals surface area contributed by atoms with Crippen molar-refractivity contribution in [3.8, 4) is 0 Å². The molecule has 2 aromatic rings. The fourth-order valence-corrected chi connectivity index (χ4v) is 2.33. The summed E-state index contributed by atoms with van der Waals surface area (Å²) < 4.78 is 15.8. The maximum Gasteiger partial charge on any atom is 0.124 e. The second kappa shape index (κ2) is 5.63. The summed E-state index contributed by atoms with van der Waals surface area (Å²) in [5.74, 6) is -0.279. The Morgan fingerprint density at radius 2 is 2.22 bits per heavy atom. The molecule has 0 saturated heterocycles. The Morgan fingerprint density at radius 1 is 1.44 bits per heavy atom. The van der Waals surface area contributed by atoms with Crippen LogP contribution >= 0.6 is 15.9 Å². The minimum atomic E-state index is -0.279. The number of nitrogens with zero attached hydrogens (tertiary/aromatic N) is 2. The minimum Gasteiger partial charge on any atom is -0.324 e. The van der Waals surface area contributed by atoms with Crippen molar-refractivity contribution in [2.75, 3.05) is 0 Å². The van der Waals surface area contributed by atoms with Crippen LogP contribution in [0.4, 0.5) is 4.39 Å². The van der Waals surface area contributed by atoms with E-state index in [1.165, 1.54) is 12.1 Å². The zero-order chi connectivity index (χ0) is 13.1. The van der Waals surface area contributed by atoms with Gasteiger partial charge in [0.05, 0.1) is 6.20 Å². The summed E-state index contributed by atoms with van der Waals surface area (Å²) in [5, 5.41) is 4.19. The first kappa shape index (κ1) is 13.2. The molecule has 2 N–H and O–H groups in total. The van der Waals surface area contributed by atoms with Crippen LogP contribution in [-0.2, 0) is 13.0 Å². The number of benzene rings is 1. The molecule has 2 rings (SSSR count). The fraction of sp³-hybridized carbons (Fsp3) is 0.308. The average molecular weight is 312 g/mol. The van der Waals surface area contributed by atoms with Crippen LogP contribution in [0.2, 0.25) is 0 Å². The predicted octanol–water partition coefficient (Wildman–Crippen LogP) is 3.05. The molecule has 3 nitrogen and oxygen atoms in total. The van der Waals surface area contributed by atoms with E-state index in [1.54, 1.807) is 6.20 Å². The molecule has 0 radical (unpaired) electrons. The van der Waals surface area contributed by atoms with E-state index in [-0.39, 0.29) is 11.9 Å². The van der Waals surface area contributed by atoms with Gasteiger partial charge in [-0.15, -0.1) is 0 Å². The molecule has 1 heterocycles. The second-order valence-corrected chi connectivity index (χ2v) is 5.13. The van der Waals surface area contributed by atoms with Gasteiger partial charge < -0.3 is 5.73 Å². The van der Waals surface area contributed by atoms with Gasteiger partial charge in [0.1, 0.15) is 5.82 Å². The molecule has 0 fully saturated rings. The van der Waals surface area contributed by atoms with Gasteiger partial charge in [-0.25, -0.2) is 4.39 Å². The van der Waals surface area contributed by atoms with Gasteiger partial charge in [0.2, 0.25) is 0 Å². The molecule has 1 aromatic heterocycles. The fourth-order valence-electron chi connectivity index (χ4n) is 1.85. The summed E-state index contributed by atoms with van der Waals surface area (Å²) in [4.78, 5) is 0. The maximum absolute atomic E-state index is 13.3. The molecule has 1 aromatic carbocycles. The highest BCUT2D eigenvalue weighted by Gasteiger charge is 2.10. The van der Waals surface area contributed by atoms with Gasteiger partial charge in [0.25, 0.3) is 0 Å². The van der Waals surface area contributed by atoms with E-state index in [9.17, 15) is 4.39 Å². The molecular weight excluding hydrogens is 297 g/mol. The van der Waals surface area contributed by atoms with Crippen molar-refractivity contribution in [1.82, 2.24) is 9.78 Å². The normalized spacial score (nSPS) is 12.7. The van der Waals surface area contributed by atoms with Crippen LogP contribution in [0.15, 0.2) is 35.1 Å². The lowest BCUT2D eigenvalue weighted by atomic mass is 10.0. The number of nitrogens with two attached hydrogens (primary N) is 1. The van der Waals surface area contributed by atoms with Crippen molar-refractivity contribution >= 4 is 15.9 Å². The molecule has 0 saturated carbocycles. The van der Waals surface area contributed by atoms with Crippen molar-refractivity contribution in [3.05, 3.63) is 52.0 Å². The van der Waals surface area contributed by atoms with E-state index >= 15 is 0 Å². The molecule has 0 aliphatic rings. The van der Waals surface area contributed by atoms with E-state index < -0.39 is 0 Å². The highest BCUT2D eigenvalue weighted by Crippen LogP contribution is 2.21. The quantitative estimate of drug-likeness (QED) is 0.943. The number of aromatic nitrogens is 2. The van der Waals surface area contributed by atoms with Gasteiger partial charge in [-0.05, 0) is 42.7 Å². The van der Waals surface area contributed by atoms with Gasteiger partial charge in [-0.3, -0.25) is 4.68 Å². The smallest absolute Gasteiger partial charge is 0.124 e. The molecule has 1 unspecified atom stereocenters. The highest BCUT2D eigenvalue weighted by molar-refractivity contribution is 9.10. The third-order valence-electron chi connectivity index (χ3n) is 2.78. The van der Waals surface area contributed by atoms with Crippen molar-refractivity contribution in [2.24, 2.45) is 5.73 Å². The van der Waals surface area contributed by atoms with E-state index in [1.807, 2.05) is 23.9 Å². The van der Waals surface area contributed by atoms with Crippen LogP contribution in [0.1, 0.15) is 24.1 Å². The summed E-state index contributed by atoms with van der Waals surface area (Å²) in [6.07, 6.45) is 4.42. The molecule has 0 aliphatic heterocycles. The van der Waals surface area contributed by atoms with Crippen molar-refractivity contribution in [1.29, 1.82) is 0 Å². The van der Waals surface area contributed by atoms with Crippen LogP contribution in [0.25, 0.3) is 0 Å². The Morgan fingerprint density at radius 3 is 2.83 bits per heavy atom. The topological polar surface area (TPSA) is 43.8 Å². The molecule has 5 heteroatoms. The second-order valence-electron chi connectivity index (χ2n) is 4.22. The van der Waals surface area contributed by atoms with Gasteiger partial charge in [-0.2, -0.15) is 5.10 Å². The Kier molecular flexibility index (Phi) is 4.14. The van der Waals surface area contributed by atoms with E-state index in [4.69, 9.17) is 5.73 Å². The van der Waals surface area contributed by atoms with Gasteiger partial charge in [0.15, 0.2) is 0 Å². The molecule has 0 spiro atoms. The molecule has 96 valence electrons. The maximum atomic E-state index is 13.3. The highest BCUT2D eigenvalue weighted by atomic mass is 79.9.